The zero-order chi connectivity index (χ0) is 20.6. The normalized spacial score (nSPS) is 15.4. The summed E-state index contributed by atoms with van der Waals surface area (Å²) in [5.41, 5.74) is 0. The number of hydrogen-bond acceptors (Lipinski definition) is 5. The molecule has 0 unspecified atom stereocenters. The van der Waals surface area contributed by atoms with Gasteiger partial charge < -0.3 is 16.0 Å². The summed E-state index contributed by atoms with van der Waals surface area (Å²) in [5.74, 6) is -0.125. The summed E-state index contributed by atoms with van der Waals surface area (Å²) in [6.45, 7) is 0.734. The zero-order valence-electron chi connectivity index (χ0n) is 16.5. The number of carbonyl (C=O) groups excluding carboxylic acids is 2. The Balaban J connectivity index is 1.61. The van der Waals surface area contributed by atoms with E-state index in [1.54, 1.807) is 12.1 Å². The molecule has 0 aliphatic heterocycles. The van der Waals surface area contributed by atoms with Crippen LogP contribution in [-0.4, -0.2) is 51.3 Å². The van der Waals surface area contributed by atoms with Gasteiger partial charge in [-0.1, -0.05) is 19.3 Å². The van der Waals surface area contributed by atoms with Gasteiger partial charge in [-0.25, -0.2) is 17.5 Å². The minimum atomic E-state index is -3.44. The van der Waals surface area contributed by atoms with Gasteiger partial charge in [0.1, 0.15) is 4.21 Å². The fraction of sp³-hybridized carbons (Fsp3) is 0.667. The van der Waals surface area contributed by atoms with Crippen LogP contribution in [0.25, 0.3) is 0 Å². The highest BCUT2D eigenvalue weighted by atomic mass is 32.2. The van der Waals surface area contributed by atoms with Gasteiger partial charge in [-0.2, -0.15) is 0 Å². The second-order valence-electron chi connectivity index (χ2n) is 7.12. The van der Waals surface area contributed by atoms with Crippen LogP contribution in [0.5, 0.6) is 0 Å². The first-order valence-electron chi connectivity index (χ1n) is 9.61. The Morgan fingerprint density at radius 1 is 1.14 bits per heavy atom. The molecule has 0 saturated heterocycles. The number of hydrogen-bond donors (Lipinski definition) is 3. The molecule has 1 aliphatic carbocycles. The molecular weight excluding hydrogens is 400 g/mol. The van der Waals surface area contributed by atoms with E-state index in [0.29, 0.717) is 25.9 Å². The second-order valence-corrected chi connectivity index (χ2v) is 10.7. The molecule has 0 spiro atoms. The SMILES string of the molecule is CN(C)S(=O)(=O)c1ccc(CNC(=O)CCCNC(=O)NC2CCCCC2)s1. The van der Waals surface area contributed by atoms with Crippen LogP contribution < -0.4 is 16.0 Å². The van der Waals surface area contributed by atoms with Crippen molar-refractivity contribution in [1.82, 2.24) is 20.3 Å². The first-order chi connectivity index (χ1) is 13.3. The molecule has 1 saturated carbocycles. The van der Waals surface area contributed by atoms with Crippen LogP contribution in [0.15, 0.2) is 16.3 Å². The Labute approximate surface area is 171 Å². The van der Waals surface area contributed by atoms with E-state index < -0.39 is 10.0 Å². The molecule has 1 aliphatic rings. The highest BCUT2D eigenvalue weighted by molar-refractivity contribution is 7.91. The highest BCUT2D eigenvalue weighted by Crippen LogP contribution is 2.23. The monoisotopic (exact) mass is 430 g/mol. The summed E-state index contributed by atoms with van der Waals surface area (Å²) in [6.07, 6.45) is 6.50. The molecule has 158 valence electrons. The van der Waals surface area contributed by atoms with Crippen molar-refractivity contribution in [3.05, 3.63) is 17.0 Å². The predicted octanol–water partition coefficient (Wildman–Crippen LogP) is 2.03. The standard InChI is InChI=1S/C18H30N4O4S2/c1-22(2)28(25,26)17-11-10-15(27-17)13-20-16(23)9-6-12-19-18(24)21-14-7-4-3-5-8-14/h10-11,14H,3-9,12-13H2,1-2H3,(H,20,23)(H2,19,21,24). The van der Waals surface area contributed by atoms with Crippen LogP contribution in [-0.2, 0) is 21.4 Å². The number of urea groups is 1. The molecule has 2 rings (SSSR count). The zero-order valence-corrected chi connectivity index (χ0v) is 18.1. The predicted molar refractivity (Wildman–Crippen MR) is 110 cm³/mol. The Bertz CT molecular complexity index is 755. The minimum Gasteiger partial charge on any atom is -0.351 e. The molecule has 0 bridgehead atoms. The van der Waals surface area contributed by atoms with E-state index in [1.807, 2.05) is 0 Å². The third kappa shape index (κ3) is 7.06. The molecule has 1 aromatic rings. The quantitative estimate of drug-likeness (QED) is 0.521. The fourth-order valence-corrected chi connectivity index (χ4v) is 5.44. The average Bonchev–Trinajstić information content (AvgIpc) is 3.14. The summed E-state index contributed by atoms with van der Waals surface area (Å²) in [6, 6.07) is 3.36. The number of thiophene rings is 1. The number of carbonyl (C=O) groups is 2. The van der Waals surface area contributed by atoms with E-state index in [1.165, 1.54) is 24.8 Å². The van der Waals surface area contributed by atoms with Crippen molar-refractivity contribution in [3.8, 4) is 0 Å². The Morgan fingerprint density at radius 3 is 2.54 bits per heavy atom. The molecule has 1 aromatic heterocycles. The number of nitrogens with zero attached hydrogens (tertiary/aromatic N) is 1. The van der Waals surface area contributed by atoms with Crippen molar-refractivity contribution in [1.29, 1.82) is 0 Å². The van der Waals surface area contributed by atoms with Crippen molar-refractivity contribution >= 4 is 33.3 Å². The highest BCUT2D eigenvalue weighted by Gasteiger charge is 2.19. The van der Waals surface area contributed by atoms with Gasteiger partial charge in [0.2, 0.25) is 5.91 Å². The first-order valence-corrected chi connectivity index (χ1v) is 11.9. The van der Waals surface area contributed by atoms with Crippen LogP contribution in [0.2, 0.25) is 0 Å². The largest absolute Gasteiger partial charge is 0.351 e. The molecular formula is C18H30N4O4S2. The third-order valence-electron chi connectivity index (χ3n) is 4.64. The molecule has 0 atom stereocenters. The van der Waals surface area contributed by atoms with Crippen LogP contribution >= 0.6 is 11.3 Å². The Morgan fingerprint density at radius 2 is 1.86 bits per heavy atom. The molecule has 1 fully saturated rings. The number of rotatable bonds is 9. The smallest absolute Gasteiger partial charge is 0.315 e. The molecule has 1 heterocycles. The first kappa shape index (κ1) is 22.6. The van der Waals surface area contributed by atoms with Gasteiger partial charge in [-0.15, -0.1) is 11.3 Å². The molecule has 10 heteroatoms. The lowest BCUT2D eigenvalue weighted by Gasteiger charge is -2.22. The summed E-state index contributed by atoms with van der Waals surface area (Å²) in [4.78, 5) is 24.5. The average molecular weight is 431 g/mol. The van der Waals surface area contributed by atoms with E-state index in [-0.39, 0.29) is 22.2 Å². The lowest BCUT2D eigenvalue weighted by atomic mass is 9.96. The van der Waals surface area contributed by atoms with Crippen molar-refractivity contribution in [2.75, 3.05) is 20.6 Å². The van der Waals surface area contributed by atoms with Gasteiger partial charge in [0.15, 0.2) is 0 Å². The topological polar surface area (TPSA) is 108 Å². The molecule has 3 N–H and O–H groups in total. The Hall–Kier alpha value is -1.65. The van der Waals surface area contributed by atoms with E-state index in [4.69, 9.17) is 0 Å². The van der Waals surface area contributed by atoms with Gasteiger partial charge in [0.25, 0.3) is 10.0 Å². The van der Waals surface area contributed by atoms with E-state index >= 15 is 0 Å². The third-order valence-corrected chi connectivity index (χ3v) is 8.01. The summed E-state index contributed by atoms with van der Waals surface area (Å²) < 4.78 is 25.5. The maximum atomic E-state index is 12.0. The van der Waals surface area contributed by atoms with E-state index in [0.717, 1.165) is 41.9 Å². The van der Waals surface area contributed by atoms with Crippen LogP contribution in [0.3, 0.4) is 0 Å². The summed E-state index contributed by atoms with van der Waals surface area (Å²) >= 11 is 1.15. The molecule has 8 nitrogen and oxygen atoms in total. The fourth-order valence-electron chi connectivity index (χ4n) is 2.98. The number of nitrogens with one attached hydrogen (secondary N) is 3. The maximum Gasteiger partial charge on any atom is 0.315 e. The van der Waals surface area contributed by atoms with Crippen LogP contribution in [0, 0.1) is 0 Å². The lowest BCUT2D eigenvalue weighted by Crippen LogP contribution is -2.43. The van der Waals surface area contributed by atoms with Gasteiger partial charge in [-0.3, -0.25) is 4.79 Å². The van der Waals surface area contributed by atoms with Crippen molar-refractivity contribution in [3.63, 3.8) is 0 Å². The maximum absolute atomic E-state index is 12.0. The van der Waals surface area contributed by atoms with Crippen LogP contribution in [0.1, 0.15) is 49.8 Å². The van der Waals surface area contributed by atoms with Crippen molar-refractivity contribution in [2.45, 2.75) is 61.7 Å². The summed E-state index contributed by atoms with van der Waals surface area (Å²) in [5, 5.41) is 8.55. The minimum absolute atomic E-state index is 0.125. The number of amides is 3. The van der Waals surface area contributed by atoms with Gasteiger partial charge in [0, 0.05) is 38.0 Å². The van der Waals surface area contributed by atoms with Gasteiger partial charge >= 0.3 is 6.03 Å². The lowest BCUT2D eigenvalue weighted by molar-refractivity contribution is -0.121. The van der Waals surface area contributed by atoms with Gasteiger partial charge in [-0.05, 0) is 31.4 Å². The van der Waals surface area contributed by atoms with Crippen LogP contribution in [0.4, 0.5) is 4.79 Å². The van der Waals surface area contributed by atoms with E-state index in [2.05, 4.69) is 16.0 Å². The van der Waals surface area contributed by atoms with Gasteiger partial charge in [0.05, 0.1) is 6.54 Å². The second kappa shape index (κ2) is 10.8. The van der Waals surface area contributed by atoms with Crippen molar-refractivity contribution in [2.24, 2.45) is 0 Å². The van der Waals surface area contributed by atoms with E-state index in [9.17, 15) is 18.0 Å². The summed E-state index contributed by atoms with van der Waals surface area (Å²) in [7, 11) is -0.466. The molecule has 0 aromatic carbocycles. The molecule has 0 radical (unpaired) electrons. The molecule has 28 heavy (non-hydrogen) atoms. The van der Waals surface area contributed by atoms with Crippen molar-refractivity contribution < 1.29 is 18.0 Å². The number of sulfonamides is 1. The molecule has 3 amide bonds. The Kier molecular flexibility index (Phi) is 8.71.